The largest absolute Gasteiger partial charge is 0.331 e. The van der Waals surface area contributed by atoms with Crippen molar-refractivity contribution in [2.45, 2.75) is 13.8 Å². The van der Waals surface area contributed by atoms with Crippen LogP contribution < -0.4 is 10.7 Å². The van der Waals surface area contributed by atoms with Gasteiger partial charge in [-0.25, -0.2) is 0 Å². The van der Waals surface area contributed by atoms with Gasteiger partial charge in [0, 0.05) is 22.6 Å². The van der Waals surface area contributed by atoms with Crippen molar-refractivity contribution in [3.05, 3.63) is 58.3 Å². The summed E-state index contributed by atoms with van der Waals surface area (Å²) < 4.78 is 1.04. The molecule has 6 heteroatoms. The summed E-state index contributed by atoms with van der Waals surface area (Å²) in [6, 6.07) is 9.81. The monoisotopic (exact) mass is 362 g/mol. The number of thiocarbonyl (C=S) groups is 1. The first-order valence-electron chi connectivity index (χ1n) is 6.34. The van der Waals surface area contributed by atoms with Crippen LogP contribution in [0.3, 0.4) is 0 Å². The molecule has 1 aromatic carbocycles. The van der Waals surface area contributed by atoms with Gasteiger partial charge in [-0.1, -0.05) is 28.1 Å². The van der Waals surface area contributed by atoms with Gasteiger partial charge in [0.25, 0.3) is 0 Å². The summed E-state index contributed by atoms with van der Waals surface area (Å²) in [7, 11) is 0. The summed E-state index contributed by atoms with van der Waals surface area (Å²) in [6.45, 7) is 3.89. The molecular weight excluding hydrogens is 348 g/mol. The molecule has 0 aliphatic rings. The molecular formula is C15H15BrN4S. The molecule has 0 atom stereocenters. The van der Waals surface area contributed by atoms with E-state index in [4.69, 9.17) is 12.2 Å². The van der Waals surface area contributed by atoms with Gasteiger partial charge >= 0.3 is 0 Å². The van der Waals surface area contributed by atoms with Crippen molar-refractivity contribution < 1.29 is 0 Å². The number of halogens is 1. The standard InChI is InChI=1S/C15H15BrN4S/c1-10-9-17-8-7-14(10)18-15(21)20-19-11(2)12-3-5-13(16)6-4-12/h3-9H,1-2H3,(H2,17,18,20,21)/b19-11+. The molecule has 108 valence electrons. The highest BCUT2D eigenvalue weighted by Crippen LogP contribution is 2.12. The van der Waals surface area contributed by atoms with E-state index >= 15 is 0 Å². The molecule has 0 saturated heterocycles. The van der Waals surface area contributed by atoms with Gasteiger partial charge in [0.1, 0.15) is 0 Å². The first-order valence-corrected chi connectivity index (χ1v) is 7.54. The normalized spacial score (nSPS) is 11.1. The molecule has 1 heterocycles. The second-order valence-corrected chi connectivity index (χ2v) is 5.78. The highest BCUT2D eigenvalue weighted by molar-refractivity contribution is 9.10. The summed E-state index contributed by atoms with van der Waals surface area (Å²) in [5.41, 5.74) is 6.68. The van der Waals surface area contributed by atoms with Crippen molar-refractivity contribution >= 4 is 44.7 Å². The molecule has 0 radical (unpaired) electrons. The Labute approximate surface area is 137 Å². The Morgan fingerprint density at radius 3 is 2.62 bits per heavy atom. The van der Waals surface area contributed by atoms with E-state index in [1.807, 2.05) is 44.2 Å². The van der Waals surface area contributed by atoms with Gasteiger partial charge in [0.05, 0.1) is 5.71 Å². The number of benzene rings is 1. The molecule has 0 saturated carbocycles. The average molecular weight is 363 g/mol. The van der Waals surface area contributed by atoms with Crippen LogP contribution >= 0.6 is 28.1 Å². The highest BCUT2D eigenvalue weighted by Gasteiger charge is 2.01. The number of nitrogens with zero attached hydrogens (tertiary/aromatic N) is 2. The molecule has 21 heavy (non-hydrogen) atoms. The van der Waals surface area contributed by atoms with Gasteiger partial charge in [-0.05, 0) is 55.4 Å². The van der Waals surface area contributed by atoms with Crippen LogP contribution in [0, 0.1) is 6.92 Å². The number of aromatic nitrogens is 1. The molecule has 0 amide bonds. The number of anilines is 1. The van der Waals surface area contributed by atoms with E-state index in [0.717, 1.165) is 27.0 Å². The molecule has 0 unspecified atom stereocenters. The first-order chi connectivity index (χ1) is 10.1. The molecule has 0 bridgehead atoms. The third-order valence-electron chi connectivity index (χ3n) is 2.86. The van der Waals surface area contributed by atoms with E-state index in [0.29, 0.717) is 5.11 Å². The number of hydrazone groups is 1. The maximum absolute atomic E-state index is 5.23. The van der Waals surface area contributed by atoms with Gasteiger partial charge in [-0.3, -0.25) is 10.4 Å². The summed E-state index contributed by atoms with van der Waals surface area (Å²) in [5.74, 6) is 0. The molecule has 2 N–H and O–H groups in total. The summed E-state index contributed by atoms with van der Waals surface area (Å²) in [4.78, 5) is 4.04. The summed E-state index contributed by atoms with van der Waals surface area (Å²) in [6.07, 6.45) is 3.50. The number of aryl methyl sites for hydroxylation is 1. The number of hydrogen-bond donors (Lipinski definition) is 2. The minimum Gasteiger partial charge on any atom is -0.331 e. The molecule has 2 rings (SSSR count). The van der Waals surface area contributed by atoms with Crippen molar-refractivity contribution in [2.75, 3.05) is 5.32 Å². The van der Waals surface area contributed by atoms with Crippen LogP contribution in [0.4, 0.5) is 5.69 Å². The lowest BCUT2D eigenvalue weighted by atomic mass is 10.1. The van der Waals surface area contributed by atoms with Crippen molar-refractivity contribution in [1.29, 1.82) is 0 Å². The zero-order chi connectivity index (χ0) is 15.2. The van der Waals surface area contributed by atoms with Gasteiger partial charge in [0.2, 0.25) is 0 Å². The van der Waals surface area contributed by atoms with Crippen molar-refractivity contribution in [1.82, 2.24) is 10.4 Å². The number of pyridine rings is 1. The molecule has 0 aliphatic heterocycles. The Bertz CT molecular complexity index is 668. The fourth-order valence-electron chi connectivity index (χ4n) is 1.65. The van der Waals surface area contributed by atoms with E-state index in [1.165, 1.54) is 0 Å². The van der Waals surface area contributed by atoms with Gasteiger partial charge in [-0.2, -0.15) is 5.10 Å². The van der Waals surface area contributed by atoms with Crippen molar-refractivity contribution in [3.63, 3.8) is 0 Å². The SMILES string of the molecule is C/C(=N\NC(=S)Nc1ccncc1C)c1ccc(Br)cc1. The Hall–Kier alpha value is -1.79. The predicted octanol–water partition coefficient (Wildman–Crippen LogP) is 3.86. The Morgan fingerprint density at radius 1 is 1.24 bits per heavy atom. The molecule has 0 fully saturated rings. The van der Waals surface area contributed by atoms with Crippen LogP contribution in [-0.4, -0.2) is 15.8 Å². The second-order valence-electron chi connectivity index (χ2n) is 4.46. The third kappa shape index (κ3) is 4.61. The lowest BCUT2D eigenvalue weighted by Crippen LogP contribution is -2.25. The minimum absolute atomic E-state index is 0.445. The van der Waals surface area contributed by atoms with Crippen LogP contribution in [0.15, 0.2) is 52.3 Å². The smallest absolute Gasteiger partial charge is 0.191 e. The zero-order valence-electron chi connectivity index (χ0n) is 11.7. The van der Waals surface area contributed by atoms with E-state index < -0.39 is 0 Å². The van der Waals surface area contributed by atoms with E-state index in [2.05, 4.69) is 36.8 Å². The molecule has 2 aromatic rings. The van der Waals surface area contributed by atoms with Crippen LogP contribution in [0.5, 0.6) is 0 Å². The average Bonchev–Trinajstić information content (AvgIpc) is 2.48. The second kappa shape index (κ2) is 7.28. The van der Waals surface area contributed by atoms with E-state index in [9.17, 15) is 0 Å². The lowest BCUT2D eigenvalue weighted by Gasteiger charge is -2.10. The Kier molecular flexibility index (Phi) is 5.41. The highest BCUT2D eigenvalue weighted by atomic mass is 79.9. The third-order valence-corrected chi connectivity index (χ3v) is 3.58. The molecule has 0 spiro atoms. The van der Waals surface area contributed by atoms with E-state index in [1.54, 1.807) is 12.4 Å². The molecule has 4 nitrogen and oxygen atoms in total. The van der Waals surface area contributed by atoms with Crippen molar-refractivity contribution in [2.24, 2.45) is 5.10 Å². The maximum Gasteiger partial charge on any atom is 0.191 e. The van der Waals surface area contributed by atoms with Crippen LogP contribution in [0.2, 0.25) is 0 Å². The van der Waals surface area contributed by atoms with Crippen LogP contribution in [0.1, 0.15) is 18.1 Å². The quantitative estimate of drug-likeness (QED) is 0.494. The molecule has 1 aromatic heterocycles. The first kappa shape index (κ1) is 15.6. The van der Waals surface area contributed by atoms with Gasteiger partial charge in [-0.15, -0.1) is 0 Å². The summed E-state index contributed by atoms with van der Waals surface area (Å²) >= 11 is 8.64. The Balaban J connectivity index is 1.98. The lowest BCUT2D eigenvalue weighted by molar-refractivity contribution is 1.04. The van der Waals surface area contributed by atoms with Crippen molar-refractivity contribution in [3.8, 4) is 0 Å². The van der Waals surface area contributed by atoms with Gasteiger partial charge in [0.15, 0.2) is 5.11 Å². The van der Waals surface area contributed by atoms with E-state index in [-0.39, 0.29) is 0 Å². The number of rotatable bonds is 3. The predicted molar refractivity (Wildman–Crippen MR) is 94.7 cm³/mol. The fourth-order valence-corrected chi connectivity index (χ4v) is 2.07. The minimum atomic E-state index is 0.445. The maximum atomic E-state index is 5.23. The topological polar surface area (TPSA) is 49.3 Å². The molecule has 0 aliphatic carbocycles. The Morgan fingerprint density at radius 2 is 1.95 bits per heavy atom. The van der Waals surface area contributed by atoms with Crippen LogP contribution in [-0.2, 0) is 0 Å². The number of hydrogen-bond acceptors (Lipinski definition) is 3. The van der Waals surface area contributed by atoms with Crippen LogP contribution in [0.25, 0.3) is 0 Å². The fraction of sp³-hybridized carbons (Fsp3) is 0.133. The number of nitrogens with one attached hydrogen (secondary N) is 2. The summed E-state index contributed by atoms with van der Waals surface area (Å²) in [5, 5.41) is 7.82. The zero-order valence-corrected chi connectivity index (χ0v) is 14.1. The van der Waals surface area contributed by atoms with Gasteiger partial charge < -0.3 is 5.32 Å².